The van der Waals surface area contributed by atoms with Crippen molar-refractivity contribution in [3.05, 3.63) is 5.82 Å². The molecule has 2 fully saturated rings. The van der Waals surface area contributed by atoms with Crippen LogP contribution in [0.15, 0.2) is 0 Å². The van der Waals surface area contributed by atoms with Crippen molar-refractivity contribution in [1.29, 1.82) is 0 Å². The molecule has 1 aromatic rings. The summed E-state index contributed by atoms with van der Waals surface area (Å²) in [6.45, 7) is 7.68. The minimum absolute atomic E-state index is 0.0497. The zero-order valence-corrected chi connectivity index (χ0v) is 16.4. The minimum atomic E-state index is -0.197. The topological polar surface area (TPSA) is 93.0 Å². The van der Waals surface area contributed by atoms with Crippen molar-refractivity contribution in [2.75, 3.05) is 19.0 Å². The van der Waals surface area contributed by atoms with E-state index in [0.717, 1.165) is 25.1 Å². The van der Waals surface area contributed by atoms with Gasteiger partial charge in [0.1, 0.15) is 12.4 Å². The van der Waals surface area contributed by atoms with Crippen LogP contribution in [0.1, 0.15) is 51.8 Å². The lowest BCUT2D eigenvalue weighted by molar-refractivity contribution is -0.131. The van der Waals surface area contributed by atoms with Crippen LogP contribution >= 0.6 is 11.6 Å². The number of alkyl halides is 1. The number of amides is 2. The van der Waals surface area contributed by atoms with E-state index in [1.54, 1.807) is 4.90 Å². The first kappa shape index (κ1) is 19.1. The summed E-state index contributed by atoms with van der Waals surface area (Å²) in [6, 6.07) is -0.0739. The van der Waals surface area contributed by atoms with Crippen LogP contribution in [0.4, 0.5) is 0 Å². The van der Waals surface area contributed by atoms with Crippen LogP contribution in [0.3, 0.4) is 0 Å². The molecule has 1 aliphatic carbocycles. The van der Waals surface area contributed by atoms with Gasteiger partial charge >= 0.3 is 0 Å². The Balaban J connectivity index is 1.62. The summed E-state index contributed by atoms with van der Waals surface area (Å²) >= 11 is 5.63. The fourth-order valence-corrected chi connectivity index (χ4v) is 3.60. The van der Waals surface area contributed by atoms with Gasteiger partial charge in [-0.2, -0.15) is 4.80 Å². The predicted octanol–water partition coefficient (Wildman–Crippen LogP) is 1.17. The first-order valence-electron chi connectivity index (χ1n) is 9.16. The number of hydrogen-bond acceptors (Lipinski definition) is 5. The van der Waals surface area contributed by atoms with Crippen LogP contribution in [0, 0.1) is 11.3 Å². The monoisotopic (exact) mass is 382 g/mol. The summed E-state index contributed by atoms with van der Waals surface area (Å²) in [4.78, 5) is 27.6. The summed E-state index contributed by atoms with van der Waals surface area (Å²) in [6.07, 6.45) is 3.11. The quantitative estimate of drug-likeness (QED) is 0.745. The van der Waals surface area contributed by atoms with Gasteiger partial charge in [0.05, 0.1) is 6.04 Å². The normalized spacial score (nSPS) is 23.3. The maximum absolute atomic E-state index is 12.7. The molecule has 1 saturated carbocycles. The number of carbonyl (C=O) groups is 2. The standard InChI is InChI=1S/C17H27ClN6O2/c1-17(2,3)6-12-8-23(9-13(12)19-14(25)7-18)15(26)10-24-21-16(20-22-24)11-4-5-11/h11-13H,4-10H2,1-3H3,(H,19,25)/t12-,13-/m1/s1. The average Bonchev–Trinajstić information content (AvgIpc) is 3.19. The maximum atomic E-state index is 12.7. The van der Waals surface area contributed by atoms with Crippen LogP contribution in [-0.2, 0) is 16.1 Å². The van der Waals surface area contributed by atoms with E-state index in [1.165, 1.54) is 4.80 Å². The summed E-state index contributed by atoms with van der Waals surface area (Å²) in [5.74, 6) is 1.04. The fourth-order valence-electron chi connectivity index (χ4n) is 3.53. The van der Waals surface area contributed by atoms with Crippen molar-refractivity contribution in [3.8, 4) is 0 Å². The molecule has 144 valence electrons. The highest BCUT2D eigenvalue weighted by Crippen LogP contribution is 2.37. The van der Waals surface area contributed by atoms with E-state index >= 15 is 0 Å². The highest BCUT2D eigenvalue weighted by molar-refractivity contribution is 6.27. The van der Waals surface area contributed by atoms with Gasteiger partial charge in [-0.1, -0.05) is 20.8 Å². The molecule has 0 unspecified atom stereocenters. The van der Waals surface area contributed by atoms with E-state index in [4.69, 9.17) is 11.6 Å². The zero-order chi connectivity index (χ0) is 18.9. The van der Waals surface area contributed by atoms with Gasteiger partial charge in [0, 0.05) is 19.0 Å². The number of halogens is 1. The predicted molar refractivity (Wildman–Crippen MR) is 96.6 cm³/mol. The van der Waals surface area contributed by atoms with Gasteiger partial charge < -0.3 is 10.2 Å². The van der Waals surface area contributed by atoms with E-state index in [2.05, 4.69) is 41.5 Å². The molecule has 1 aromatic heterocycles. The van der Waals surface area contributed by atoms with Crippen molar-refractivity contribution in [2.45, 2.75) is 58.5 Å². The van der Waals surface area contributed by atoms with Gasteiger partial charge in [0.15, 0.2) is 5.82 Å². The van der Waals surface area contributed by atoms with Gasteiger partial charge in [-0.15, -0.1) is 21.8 Å². The van der Waals surface area contributed by atoms with E-state index in [1.807, 2.05) is 0 Å². The van der Waals surface area contributed by atoms with Crippen LogP contribution < -0.4 is 5.32 Å². The summed E-state index contributed by atoms with van der Waals surface area (Å²) in [7, 11) is 0. The van der Waals surface area contributed by atoms with Crippen LogP contribution in [-0.4, -0.2) is 61.9 Å². The minimum Gasteiger partial charge on any atom is -0.350 e. The van der Waals surface area contributed by atoms with Crippen LogP contribution in [0.2, 0.25) is 0 Å². The zero-order valence-electron chi connectivity index (χ0n) is 15.6. The molecule has 1 N–H and O–H groups in total. The van der Waals surface area contributed by atoms with Crippen molar-refractivity contribution in [2.24, 2.45) is 11.3 Å². The van der Waals surface area contributed by atoms with Gasteiger partial charge in [-0.3, -0.25) is 9.59 Å². The molecule has 1 saturated heterocycles. The van der Waals surface area contributed by atoms with Gasteiger partial charge in [-0.05, 0) is 35.8 Å². The van der Waals surface area contributed by atoms with Crippen molar-refractivity contribution in [3.63, 3.8) is 0 Å². The number of carbonyl (C=O) groups excluding carboxylic acids is 2. The number of nitrogens with one attached hydrogen (secondary N) is 1. The van der Waals surface area contributed by atoms with E-state index in [9.17, 15) is 9.59 Å². The van der Waals surface area contributed by atoms with Gasteiger partial charge in [-0.25, -0.2) is 0 Å². The third kappa shape index (κ3) is 4.93. The lowest BCUT2D eigenvalue weighted by atomic mass is 9.82. The fraction of sp³-hybridized carbons (Fsp3) is 0.824. The van der Waals surface area contributed by atoms with Crippen LogP contribution in [0.5, 0.6) is 0 Å². The molecule has 0 radical (unpaired) electrons. The number of hydrogen-bond donors (Lipinski definition) is 1. The average molecular weight is 383 g/mol. The van der Waals surface area contributed by atoms with Crippen LogP contribution in [0.25, 0.3) is 0 Å². The Morgan fingerprint density at radius 2 is 2.00 bits per heavy atom. The lowest BCUT2D eigenvalue weighted by Crippen LogP contribution is -2.42. The number of rotatable bonds is 6. The molecule has 0 spiro atoms. The Morgan fingerprint density at radius 1 is 1.27 bits per heavy atom. The number of aromatic nitrogens is 4. The summed E-state index contributed by atoms with van der Waals surface area (Å²) in [5, 5.41) is 15.3. The van der Waals surface area contributed by atoms with Gasteiger partial charge in [0.2, 0.25) is 11.8 Å². The second-order valence-electron chi connectivity index (χ2n) is 8.58. The molecule has 2 aliphatic rings. The number of tetrazole rings is 1. The molecule has 26 heavy (non-hydrogen) atoms. The molecular weight excluding hydrogens is 356 g/mol. The number of nitrogens with zero attached hydrogens (tertiary/aromatic N) is 5. The van der Waals surface area contributed by atoms with Crippen molar-refractivity contribution >= 4 is 23.4 Å². The molecule has 2 amide bonds. The SMILES string of the molecule is CC(C)(C)C[C@@H]1CN(C(=O)Cn2nnc(C3CC3)n2)C[C@H]1NC(=O)CCl. The maximum Gasteiger partial charge on any atom is 0.246 e. The first-order valence-corrected chi connectivity index (χ1v) is 9.69. The molecule has 3 rings (SSSR count). The summed E-state index contributed by atoms with van der Waals surface area (Å²) < 4.78 is 0. The van der Waals surface area contributed by atoms with E-state index < -0.39 is 0 Å². The first-order chi connectivity index (χ1) is 12.2. The molecular formula is C17H27ClN6O2. The molecule has 1 aliphatic heterocycles. The third-order valence-electron chi connectivity index (χ3n) is 4.82. The highest BCUT2D eigenvalue weighted by atomic mass is 35.5. The lowest BCUT2D eigenvalue weighted by Gasteiger charge is -2.26. The third-order valence-corrected chi connectivity index (χ3v) is 5.07. The Morgan fingerprint density at radius 3 is 2.62 bits per heavy atom. The molecule has 0 aromatic carbocycles. The Labute approximate surface area is 158 Å². The Hall–Kier alpha value is -1.70. The molecule has 2 atom stereocenters. The molecule has 2 heterocycles. The Bertz CT molecular complexity index is 666. The van der Waals surface area contributed by atoms with Gasteiger partial charge in [0.25, 0.3) is 0 Å². The van der Waals surface area contributed by atoms with E-state index in [0.29, 0.717) is 19.0 Å². The molecule has 9 heteroatoms. The second kappa shape index (κ2) is 7.50. The smallest absolute Gasteiger partial charge is 0.246 e. The Kier molecular flexibility index (Phi) is 5.50. The largest absolute Gasteiger partial charge is 0.350 e. The molecule has 8 nitrogen and oxygen atoms in total. The summed E-state index contributed by atoms with van der Waals surface area (Å²) in [5.41, 5.74) is 0.111. The highest BCUT2D eigenvalue weighted by Gasteiger charge is 2.38. The second-order valence-corrected chi connectivity index (χ2v) is 8.85. The van der Waals surface area contributed by atoms with Crippen molar-refractivity contribution < 1.29 is 9.59 Å². The molecule has 0 bridgehead atoms. The van der Waals surface area contributed by atoms with Crippen molar-refractivity contribution in [1.82, 2.24) is 30.4 Å². The number of likely N-dealkylation sites (tertiary alicyclic amines) is 1. The van der Waals surface area contributed by atoms with E-state index in [-0.39, 0.29) is 41.6 Å².